The molecule has 5 rings (SSSR count). The average molecular weight is 527 g/mol. The average Bonchev–Trinajstić information content (AvgIpc) is 3.54. The molecule has 0 spiro atoms. The Balaban J connectivity index is 1.50. The van der Waals surface area contributed by atoms with E-state index in [0.717, 1.165) is 47.4 Å². The lowest BCUT2D eigenvalue weighted by Gasteiger charge is -2.30. The minimum Gasteiger partial charge on any atom is -0.492 e. The third-order valence-electron chi connectivity index (χ3n) is 7.11. The lowest BCUT2D eigenvalue weighted by atomic mass is 10.1. The largest absolute Gasteiger partial charge is 0.492 e. The van der Waals surface area contributed by atoms with Gasteiger partial charge in [0.25, 0.3) is 0 Å². The number of likely N-dealkylation sites (tertiary alicyclic amines) is 1. The molecule has 1 aliphatic rings. The zero-order valence-electron chi connectivity index (χ0n) is 22.8. The van der Waals surface area contributed by atoms with Crippen molar-refractivity contribution in [2.75, 3.05) is 49.3 Å². The highest BCUT2D eigenvalue weighted by atomic mass is 16.5. The molecule has 1 fully saturated rings. The number of ether oxygens (including phenoxy) is 1. The number of aryl methyl sites for hydroxylation is 1. The van der Waals surface area contributed by atoms with Gasteiger partial charge in [-0.3, -0.25) is 9.48 Å². The number of carbonyl (C=O) groups excluding carboxylic acids is 1. The molecule has 1 atom stereocenters. The second-order valence-electron chi connectivity index (χ2n) is 9.76. The molecular weight excluding hydrogens is 492 g/mol. The van der Waals surface area contributed by atoms with Crippen LogP contribution in [0.25, 0.3) is 22.2 Å². The summed E-state index contributed by atoms with van der Waals surface area (Å²) in [5.41, 5.74) is 5.02. The van der Waals surface area contributed by atoms with Gasteiger partial charge in [-0.05, 0) is 51.2 Å². The molecule has 1 amide bonds. The molecule has 1 aliphatic heterocycles. The SMILES string of the molecule is C=CC(=O)Nc1cc(Nc2cc(-c3ccc4c(cnn4C)c3)ncn2)c(OCC)cc1N(C)C1CCN(C)C1. The summed E-state index contributed by atoms with van der Waals surface area (Å²) in [5, 5.41) is 11.7. The first-order valence-electron chi connectivity index (χ1n) is 13.0. The molecular formula is C29H34N8O2. The summed E-state index contributed by atoms with van der Waals surface area (Å²) in [4.78, 5) is 25.8. The summed E-state index contributed by atoms with van der Waals surface area (Å²) in [6.07, 6.45) is 5.69. The molecule has 202 valence electrons. The van der Waals surface area contributed by atoms with Crippen LogP contribution in [-0.2, 0) is 11.8 Å². The van der Waals surface area contributed by atoms with Gasteiger partial charge in [-0.15, -0.1) is 0 Å². The van der Waals surface area contributed by atoms with Crippen molar-refractivity contribution in [1.82, 2.24) is 24.6 Å². The molecule has 0 aliphatic carbocycles. The van der Waals surface area contributed by atoms with Gasteiger partial charge in [0.15, 0.2) is 0 Å². The first-order valence-corrected chi connectivity index (χ1v) is 13.0. The topological polar surface area (TPSA) is 100 Å². The van der Waals surface area contributed by atoms with E-state index in [1.165, 1.54) is 12.4 Å². The van der Waals surface area contributed by atoms with Gasteiger partial charge in [0.2, 0.25) is 5.91 Å². The van der Waals surface area contributed by atoms with Crippen LogP contribution in [0, 0.1) is 0 Å². The third-order valence-corrected chi connectivity index (χ3v) is 7.11. The molecule has 2 aromatic heterocycles. The maximum absolute atomic E-state index is 12.4. The van der Waals surface area contributed by atoms with Crippen LogP contribution in [0.3, 0.4) is 0 Å². The van der Waals surface area contributed by atoms with Gasteiger partial charge >= 0.3 is 0 Å². The van der Waals surface area contributed by atoms with Gasteiger partial charge in [0.1, 0.15) is 17.9 Å². The normalized spacial score (nSPS) is 15.3. The Kier molecular flexibility index (Phi) is 7.47. The molecule has 39 heavy (non-hydrogen) atoms. The van der Waals surface area contributed by atoms with Gasteiger partial charge in [-0.1, -0.05) is 12.6 Å². The van der Waals surface area contributed by atoms with Crippen molar-refractivity contribution < 1.29 is 9.53 Å². The van der Waals surface area contributed by atoms with E-state index in [1.807, 2.05) is 55.2 Å². The van der Waals surface area contributed by atoms with E-state index in [4.69, 9.17) is 4.74 Å². The Hall–Kier alpha value is -4.44. The van der Waals surface area contributed by atoms with Gasteiger partial charge in [0, 0.05) is 49.8 Å². The van der Waals surface area contributed by atoms with Crippen molar-refractivity contribution in [3.05, 3.63) is 61.6 Å². The van der Waals surface area contributed by atoms with Crippen molar-refractivity contribution in [3.8, 4) is 17.0 Å². The highest BCUT2D eigenvalue weighted by Crippen LogP contribution is 2.40. The first kappa shape index (κ1) is 26.2. The van der Waals surface area contributed by atoms with E-state index in [9.17, 15) is 4.79 Å². The summed E-state index contributed by atoms with van der Waals surface area (Å²) >= 11 is 0. The number of aromatic nitrogens is 4. The number of hydrogen-bond acceptors (Lipinski definition) is 8. The van der Waals surface area contributed by atoms with E-state index in [0.29, 0.717) is 35.6 Å². The molecule has 2 aromatic carbocycles. The van der Waals surface area contributed by atoms with Crippen LogP contribution in [0.2, 0.25) is 0 Å². The quantitative estimate of drug-likeness (QED) is 0.309. The molecule has 2 N–H and O–H groups in total. The number of nitrogens with zero attached hydrogens (tertiary/aromatic N) is 6. The first-order chi connectivity index (χ1) is 18.9. The summed E-state index contributed by atoms with van der Waals surface area (Å²) in [7, 11) is 6.10. The molecule has 0 saturated carbocycles. The Morgan fingerprint density at radius 3 is 2.79 bits per heavy atom. The molecule has 1 unspecified atom stereocenters. The molecule has 3 heterocycles. The Bertz CT molecular complexity index is 1510. The zero-order valence-corrected chi connectivity index (χ0v) is 22.8. The van der Waals surface area contributed by atoms with Crippen LogP contribution in [0.4, 0.5) is 22.9 Å². The van der Waals surface area contributed by atoms with Crippen molar-refractivity contribution in [2.24, 2.45) is 7.05 Å². The van der Waals surface area contributed by atoms with E-state index >= 15 is 0 Å². The van der Waals surface area contributed by atoms with Crippen LogP contribution in [0.5, 0.6) is 5.75 Å². The molecule has 1 saturated heterocycles. The fraction of sp³-hybridized carbons (Fsp3) is 0.310. The third kappa shape index (κ3) is 5.56. The Morgan fingerprint density at radius 1 is 1.21 bits per heavy atom. The second-order valence-corrected chi connectivity index (χ2v) is 9.76. The number of amides is 1. The van der Waals surface area contributed by atoms with Crippen LogP contribution >= 0.6 is 0 Å². The highest BCUT2D eigenvalue weighted by Gasteiger charge is 2.26. The lowest BCUT2D eigenvalue weighted by Crippen LogP contribution is -2.34. The molecule has 0 radical (unpaired) electrons. The van der Waals surface area contributed by atoms with Crippen LogP contribution in [-0.4, -0.2) is 70.4 Å². The van der Waals surface area contributed by atoms with Gasteiger partial charge in [0.05, 0.1) is 41.1 Å². The summed E-state index contributed by atoms with van der Waals surface area (Å²) < 4.78 is 7.89. The van der Waals surface area contributed by atoms with Crippen molar-refractivity contribution in [2.45, 2.75) is 19.4 Å². The predicted molar refractivity (Wildman–Crippen MR) is 156 cm³/mol. The predicted octanol–water partition coefficient (Wildman–Crippen LogP) is 4.44. The minimum atomic E-state index is -0.279. The Labute approximate surface area is 228 Å². The fourth-order valence-corrected chi connectivity index (χ4v) is 4.99. The monoisotopic (exact) mass is 526 g/mol. The number of carbonyl (C=O) groups is 1. The number of nitrogens with one attached hydrogen (secondary N) is 2. The summed E-state index contributed by atoms with van der Waals surface area (Å²) in [5.74, 6) is 0.990. The standard InChI is InChI=1S/C29H34N8O2/c1-6-29(38)34-23-13-24(27(39-7-2)15-26(23)36(4)21-10-11-35(3)17-21)33-28-14-22(30-18-31-28)19-8-9-25-20(12-19)16-32-37(25)5/h6,8-9,12-16,18,21H,1,7,10-11,17H2,2-5H3,(H,34,38)(H,30,31,33). The van der Waals surface area contributed by atoms with Gasteiger partial charge in [-0.25, -0.2) is 9.97 Å². The number of benzene rings is 2. The van der Waals surface area contributed by atoms with Crippen LogP contribution in [0.15, 0.2) is 61.6 Å². The highest BCUT2D eigenvalue weighted by molar-refractivity contribution is 6.02. The van der Waals surface area contributed by atoms with Crippen LogP contribution in [0.1, 0.15) is 13.3 Å². The van der Waals surface area contributed by atoms with Gasteiger partial charge in [-0.2, -0.15) is 5.10 Å². The van der Waals surface area contributed by atoms with E-state index in [-0.39, 0.29) is 5.91 Å². The summed E-state index contributed by atoms with van der Waals surface area (Å²) in [6, 6.07) is 12.2. The fourth-order valence-electron chi connectivity index (χ4n) is 4.99. The second kappa shape index (κ2) is 11.1. The van der Waals surface area contributed by atoms with Crippen molar-refractivity contribution in [3.63, 3.8) is 0 Å². The smallest absolute Gasteiger partial charge is 0.247 e. The van der Waals surface area contributed by atoms with E-state index in [2.05, 4.69) is 62.2 Å². The zero-order chi connectivity index (χ0) is 27.5. The maximum atomic E-state index is 12.4. The number of fused-ring (bicyclic) bond motifs is 1. The lowest BCUT2D eigenvalue weighted by molar-refractivity contribution is -0.111. The van der Waals surface area contributed by atoms with Crippen molar-refractivity contribution in [1.29, 1.82) is 0 Å². The summed E-state index contributed by atoms with van der Waals surface area (Å²) in [6.45, 7) is 8.04. The minimum absolute atomic E-state index is 0.279. The molecule has 10 heteroatoms. The molecule has 4 aromatic rings. The van der Waals surface area contributed by atoms with Crippen LogP contribution < -0.4 is 20.3 Å². The maximum Gasteiger partial charge on any atom is 0.247 e. The number of likely N-dealkylation sites (N-methyl/N-ethyl adjacent to an activating group) is 2. The van der Waals surface area contributed by atoms with Crippen molar-refractivity contribution >= 4 is 39.7 Å². The van der Waals surface area contributed by atoms with E-state index in [1.54, 1.807) is 0 Å². The molecule has 10 nitrogen and oxygen atoms in total. The number of rotatable bonds is 9. The number of hydrogen-bond donors (Lipinski definition) is 2. The Morgan fingerprint density at radius 2 is 2.05 bits per heavy atom. The number of anilines is 4. The van der Waals surface area contributed by atoms with Gasteiger partial charge < -0.3 is 25.2 Å². The molecule has 0 bridgehead atoms. The van der Waals surface area contributed by atoms with E-state index < -0.39 is 0 Å².